The Morgan fingerprint density at radius 2 is 1.55 bits per heavy atom. The van der Waals surface area contributed by atoms with Crippen LogP contribution in [0.2, 0.25) is 0 Å². The van der Waals surface area contributed by atoms with E-state index in [9.17, 15) is 9.59 Å². The van der Waals surface area contributed by atoms with Crippen molar-refractivity contribution in [1.29, 1.82) is 0 Å². The molecule has 1 N–H and O–H groups in total. The van der Waals surface area contributed by atoms with E-state index in [1.807, 2.05) is 69.3 Å². The summed E-state index contributed by atoms with van der Waals surface area (Å²) < 4.78 is 23.5. The van der Waals surface area contributed by atoms with Crippen molar-refractivity contribution in [2.75, 3.05) is 28.4 Å². The first kappa shape index (κ1) is 30.2. The van der Waals surface area contributed by atoms with Gasteiger partial charge in [0.25, 0.3) is 0 Å². The van der Waals surface area contributed by atoms with Crippen LogP contribution >= 0.6 is 0 Å². The van der Waals surface area contributed by atoms with Crippen LogP contribution in [0.15, 0.2) is 60.7 Å². The number of nitrogens with zero attached hydrogens (tertiary/aromatic N) is 4. The van der Waals surface area contributed by atoms with Crippen LogP contribution in [0.5, 0.6) is 23.0 Å². The maximum atomic E-state index is 14.2. The van der Waals surface area contributed by atoms with E-state index < -0.39 is 11.6 Å². The Morgan fingerprint density at radius 1 is 0.905 bits per heavy atom. The number of rotatable bonds is 11. The summed E-state index contributed by atoms with van der Waals surface area (Å²) in [7, 11) is 6.10. The van der Waals surface area contributed by atoms with Gasteiger partial charge in [-0.15, -0.1) is 5.10 Å². The van der Waals surface area contributed by atoms with Gasteiger partial charge >= 0.3 is 0 Å². The summed E-state index contributed by atoms with van der Waals surface area (Å²) in [6.45, 7) is 5.63. The number of carbonyl (C=O) groups is 2. The number of aromatic nitrogens is 3. The van der Waals surface area contributed by atoms with Crippen LogP contribution in [0.3, 0.4) is 0 Å². The molecule has 4 rings (SSSR count). The number of carbonyl (C=O) groups excluding carboxylic acids is 2. The molecule has 1 aromatic heterocycles. The molecule has 2 amide bonds. The molecule has 0 aliphatic rings. The van der Waals surface area contributed by atoms with E-state index >= 15 is 0 Å². The third kappa shape index (κ3) is 6.73. The van der Waals surface area contributed by atoms with Gasteiger partial charge in [-0.25, -0.2) is 4.68 Å². The maximum absolute atomic E-state index is 14.2. The van der Waals surface area contributed by atoms with Crippen molar-refractivity contribution in [3.63, 3.8) is 0 Å². The van der Waals surface area contributed by atoms with Crippen LogP contribution in [0.25, 0.3) is 11.0 Å². The summed E-state index contributed by atoms with van der Waals surface area (Å²) in [5, 5.41) is 11.4. The largest absolute Gasteiger partial charge is 0.497 e. The number of hydrogen-bond acceptors (Lipinski definition) is 8. The molecule has 0 aliphatic carbocycles. The topological polar surface area (TPSA) is 117 Å². The van der Waals surface area contributed by atoms with Gasteiger partial charge in [0.2, 0.25) is 17.6 Å². The summed E-state index contributed by atoms with van der Waals surface area (Å²) in [5.74, 6) is 1.06. The average Bonchev–Trinajstić information content (AvgIpc) is 3.38. The maximum Gasteiger partial charge on any atom is 0.247 e. The van der Waals surface area contributed by atoms with E-state index in [1.54, 1.807) is 19.2 Å². The number of para-hydroxylation sites is 1. The smallest absolute Gasteiger partial charge is 0.247 e. The molecule has 0 saturated heterocycles. The SMILES string of the molecule is COc1ccc(CN(C(=O)Cn2nnc3ccccc32)[C@@H](C(=O)NC(C)(C)C)c2cc(OC)c(OC)c(OC)c2)cc1. The number of hydrogen-bond donors (Lipinski definition) is 1. The van der Waals surface area contributed by atoms with Crippen molar-refractivity contribution in [3.05, 3.63) is 71.8 Å². The fourth-order valence-corrected chi connectivity index (χ4v) is 4.67. The van der Waals surface area contributed by atoms with Crippen LogP contribution in [-0.2, 0) is 22.7 Å². The Hall–Kier alpha value is -4.80. The van der Waals surface area contributed by atoms with Gasteiger partial charge in [-0.1, -0.05) is 29.5 Å². The fraction of sp³-hybridized carbons (Fsp3) is 0.355. The average molecular weight is 576 g/mol. The van der Waals surface area contributed by atoms with Crippen molar-refractivity contribution in [3.8, 4) is 23.0 Å². The summed E-state index contributed by atoms with van der Waals surface area (Å²) in [4.78, 5) is 29.9. The van der Waals surface area contributed by atoms with Gasteiger partial charge in [0.05, 0.1) is 34.0 Å². The zero-order valence-electron chi connectivity index (χ0n) is 25.0. The second kappa shape index (κ2) is 12.8. The molecule has 0 bridgehead atoms. The van der Waals surface area contributed by atoms with Gasteiger partial charge in [0.15, 0.2) is 11.5 Å². The van der Waals surface area contributed by atoms with E-state index in [0.29, 0.717) is 39.6 Å². The Labute approximate surface area is 245 Å². The molecule has 0 fully saturated rings. The summed E-state index contributed by atoms with van der Waals surface area (Å²) in [6.07, 6.45) is 0. The third-order valence-electron chi connectivity index (χ3n) is 6.60. The van der Waals surface area contributed by atoms with E-state index in [4.69, 9.17) is 18.9 Å². The molecular weight excluding hydrogens is 538 g/mol. The number of fused-ring (bicyclic) bond motifs is 1. The third-order valence-corrected chi connectivity index (χ3v) is 6.60. The molecule has 1 atom stereocenters. The van der Waals surface area contributed by atoms with Crippen LogP contribution in [0.1, 0.15) is 37.9 Å². The molecule has 11 nitrogen and oxygen atoms in total. The summed E-state index contributed by atoms with van der Waals surface area (Å²) in [5.41, 5.74) is 2.08. The van der Waals surface area contributed by atoms with Gasteiger partial charge in [-0.2, -0.15) is 0 Å². The predicted octanol–water partition coefficient (Wildman–Crippen LogP) is 4.15. The minimum atomic E-state index is -1.07. The lowest BCUT2D eigenvalue weighted by Crippen LogP contribution is -2.49. The molecule has 0 saturated carbocycles. The highest BCUT2D eigenvalue weighted by Gasteiger charge is 2.35. The Kier molecular flexibility index (Phi) is 9.19. The monoisotopic (exact) mass is 575 g/mol. The molecule has 3 aromatic carbocycles. The highest BCUT2D eigenvalue weighted by atomic mass is 16.5. The molecule has 0 spiro atoms. The van der Waals surface area contributed by atoms with Crippen molar-refractivity contribution >= 4 is 22.8 Å². The molecular formula is C31H37N5O6. The fourth-order valence-electron chi connectivity index (χ4n) is 4.67. The number of benzene rings is 3. The standard InChI is InChI=1S/C31H37N5O6/c1-31(2,3)32-30(38)28(21-16-25(40-5)29(42-7)26(17-21)41-6)35(18-20-12-14-22(39-4)15-13-20)27(37)19-36-24-11-9-8-10-23(24)33-34-36/h8-17,28H,18-19H2,1-7H3,(H,32,38)/t28-/m1/s1. The van der Waals surface area contributed by atoms with Gasteiger partial charge in [-0.3, -0.25) is 9.59 Å². The van der Waals surface area contributed by atoms with Crippen LogP contribution in [0.4, 0.5) is 0 Å². The number of nitrogens with one attached hydrogen (secondary N) is 1. The molecule has 0 radical (unpaired) electrons. The number of amides is 2. The predicted molar refractivity (Wildman–Crippen MR) is 158 cm³/mol. The van der Waals surface area contributed by atoms with E-state index in [1.165, 1.54) is 30.9 Å². The molecule has 42 heavy (non-hydrogen) atoms. The van der Waals surface area contributed by atoms with Crippen molar-refractivity contribution in [1.82, 2.24) is 25.2 Å². The Morgan fingerprint density at radius 3 is 2.12 bits per heavy atom. The zero-order valence-corrected chi connectivity index (χ0v) is 25.0. The Bertz CT molecular complexity index is 1520. The summed E-state index contributed by atoms with van der Waals surface area (Å²) in [6, 6.07) is 17.0. The highest BCUT2D eigenvalue weighted by molar-refractivity contribution is 5.90. The quantitative estimate of drug-likeness (QED) is 0.284. The molecule has 0 aliphatic heterocycles. The van der Waals surface area contributed by atoms with E-state index in [0.717, 1.165) is 5.56 Å². The first-order valence-electron chi connectivity index (χ1n) is 13.4. The van der Waals surface area contributed by atoms with Crippen molar-refractivity contribution in [2.45, 2.75) is 45.4 Å². The summed E-state index contributed by atoms with van der Waals surface area (Å²) >= 11 is 0. The highest BCUT2D eigenvalue weighted by Crippen LogP contribution is 2.41. The Balaban J connectivity index is 1.86. The first-order chi connectivity index (χ1) is 20.1. The second-order valence-electron chi connectivity index (χ2n) is 10.7. The van der Waals surface area contributed by atoms with Gasteiger partial charge in [0.1, 0.15) is 23.9 Å². The van der Waals surface area contributed by atoms with Gasteiger partial charge in [0, 0.05) is 12.1 Å². The molecule has 1 heterocycles. The van der Waals surface area contributed by atoms with Crippen LogP contribution in [0, 0.1) is 0 Å². The normalized spacial score (nSPS) is 12.0. The lowest BCUT2D eigenvalue weighted by molar-refractivity contribution is -0.142. The first-order valence-corrected chi connectivity index (χ1v) is 13.4. The second-order valence-corrected chi connectivity index (χ2v) is 10.7. The molecule has 11 heteroatoms. The van der Waals surface area contributed by atoms with Crippen LogP contribution < -0.4 is 24.3 Å². The van der Waals surface area contributed by atoms with Crippen LogP contribution in [-0.4, -0.2) is 65.7 Å². The van der Waals surface area contributed by atoms with Crippen molar-refractivity contribution < 1.29 is 28.5 Å². The lowest BCUT2D eigenvalue weighted by atomic mass is 9.99. The molecule has 4 aromatic rings. The number of ether oxygens (including phenoxy) is 4. The number of methoxy groups -OCH3 is 4. The lowest BCUT2D eigenvalue weighted by Gasteiger charge is -2.34. The van der Waals surface area contributed by atoms with E-state index in [-0.39, 0.29) is 24.9 Å². The molecule has 222 valence electrons. The minimum Gasteiger partial charge on any atom is -0.497 e. The van der Waals surface area contributed by atoms with Gasteiger partial charge in [-0.05, 0) is 68.3 Å². The minimum absolute atomic E-state index is 0.119. The van der Waals surface area contributed by atoms with E-state index in [2.05, 4.69) is 15.6 Å². The van der Waals surface area contributed by atoms with Gasteiger partial charge < -0.3 is 29.2 Å². The molecule has 0 unspecified atom stereocenters. The zero-order chi connectivity index (χ0) is 30.4. The van der Waals surface area contributed by atoms with Crippen molar-refractivity contribution in [2.24, 2.45) is 0 Å².